The van der Waals surface area contributed by atoms with E-state index in [1.54, 1.807) is 0 Å². The van der Waals surface area contributed by atoms with E-state index in [-0.39, 0.29) is 16.8 Å². The van der Waals surface area contributed by atoms with E-state index in [0.717, 1.165) is 19.2 Å². The molecule has 3 nitrogen and oxygen atoms in total. The fourth-order valence-electron chi connectivity index (χ4n) is 1.20. The van der Waals surface area contributed by atoms with Gasteiger partial charge in [-0.05, 0) is 18.2 Å². The Morgan fingerprint density at radius 3 is 2.59 bits per heavy atom. The van der Waals surface area contributed by atoms with Crippen LogP contribution in [0.4, 0.5) is 18.9 Å². The fraction of sp³-hybridized carbons (Fsp3) is 0.300. The number of amides is 1. The number of nitrogens with one attached hydrogen (secondary N) is 1. The minimum Gasteiger partial charge on any atom is -0.496 e. The molecule has 0 fully saturated rings. The van der Waals surface area contributed by atoms with Gasteiger partial charge in [0.15, 0.2) is 0 Å². The van der Waals surface area contributed by atoms with Crippen molar-refractivity contribution < 1.29 is 22.7 Å². The molecule has 0 saturated carbocycles. The van der Waals surface area contributed by atoms with Crippen LogP contribution in [0.3, 0.4) is 0 Å². The average molecular weight is 312 g/mol. The molecule has 1 N–H and O–H groups in total. The lowest BCUT2D eigenvalue weighted by molar-refractivity contribution is -0.138. The fourth-order valence-corrected chi connectivity index (χ4v) is 1.34. The number of alkyl halides is 4. The van der Waals surface area contributed by atoms with E-state index in [9.17, 15) is 18.0 Å². The van der Waals surface area contributed by atoms with E-state index in [1.807, 2.05) is 0 Å². The summed E-state index contributed by atoms with van der Waals surface area (Å²) in [6.45, 7) is 0. The summed E-state index contributed by atoms with van der Waals surface area (Å²) < 4.78 is 42.5. The molecule has 0 aromatic heterocycles. The van der Waals surface area contributed by atoms with Gasteiger partial charge in [0.2, 0.25) is 5.91 Å². The van der Waals surface area contributed by atoms with Crippen molar-refractivity contribution in [3.8, 4) is 5.75 Å². The lowest BCUT2D eigenvalue weighted by Gasteiger charge is -2.13. The predicted molar refractivity (Wildman–Crippen MR) is 60.4 cm³/mol. The molecule has 0 aliphatic rings. The highest BCUT2D eigenvalue weighted by atomic mass is 79.9. The molecular weight excluding hydrogens is 303 g/mol. The second-order valence-corrected chi connectivity index (χ2v) is 3.66. The first kappa shape index (κ1) is 13.8. The van der Waals surface area contributed by atoms with Crippen molar-refractivity contribution in [2.24, 2.45) is 0 Å². The van der Waals surface area contributed by atoms with Gasteiger partial charge in [0, 0.05) is 5.69 Å². The van der Waals surface area contributed by atoms with E-state index in [1.165, 1.54) is 6.07 Å². The number of benzene rings is 1. The molecule has 7 heteroatoms. The molecular formula is C10H9BrF3NO2. The molecule has 0 spiro atoms. The first-order valence-electron chi connectivity index (χ1n) is 4.49. The van der Waals surface area contributed by atoms with E-state index in [0.29, 0.717) is 0 Å². The first-order valence-corrected chi connectivity index (χ1v) is 5.61. The molecule has 0 aliphatic carbocycles. The van der Waals surface area contributed by atoms with Gasteiger partial charge in [-0.1, -0.05) is 15.9 Å². The molecule has 0 heterocycles. The molecule has 0 aliphatic heterocycles. The molecule has 17 heavy (non-hydrogen) atoms. The minimum absolute atomic E-state index is 0.0143. The van der Waals surface area contributed by atoms with Crippen molar-refractivity contribution in [2.75, 3.05) is 17.8 Å². The molecule has 0 saturated heterocycles. The SMILES string of the molecule is COc1ccc(NC(=O)CBr)cc1C(F)(F)F. The van der Waals surface area contributed by atoms with Crippen LogP contribution in [0.5, 0.6) is 5.75 Å². The molecule has 0 atom stereocenters. The maximum atomic E-state index is 12.6. The highest BCUT2D eigenvalue weighted by molar-refractivity contribution is 9.09. The van der Waals surface area contributed by atoms with Gasteiger partial charge in [-0.25, -0.2) is 0 Å². The lowest BCUT2D eigenvalue weighted by atomic mass is 10.1. The quantitative estimate of drug-likeness (QED) is 0.871. The van der Waals surface area contributed by atoms with Gasteiger partial charge in [0.05, 0.1) is 18.0 Å². The standard InChI is InChI=1S/C10H9BrF3NO2/c1-17-8-3-2-6(15-9(16)5-11)4-7(8)10(12,13)14/h2-4H,5H2,1H3,(H,15,16). The first-order chi connectivity index (χ1) is 7.88. The Morgan fingerprint density at radius 1 is 1.47 bits per heavy atom. The number of rotatable bonds is 3. The number of halogens is 4. The normalized spacial score (nSPS) is 11.1. The van der Waals surface area contributed by atoms with Gasteiger partial charge < -0.3 is 10.1 Å². The van der Waals surface area contributed by atoms with Crippen molar-refractivity contribution in [3.63, 3.8) is 0 Å². The molecule has 1 aromatic rings. The molecule has 1 amide bonds. The zero-order chi connectivity index (χ0) is 13.1. The Hall–Kier alpha value is -1.24. The third-order valence-corrected chi connectivity index (χ3v) is 2.42. The zero-order valence-electron chi connectivity index (χ0n) is 8.77. The Balaban J connectivity index is 3.09. The highest BCUT2D eigenvalue weighted by Crippen LogP contribution is 2.37. The molecule has 0 bridgehead atoms. The number of hydrogen-bond acceptors (Lipinski definition) is 2. The third kappa shape index (κ3) is 3.62. The largest absolute Gasteiger partial charge is 0.496 e. The van der Waals surface area contributed by atoms with Crippen LogP contribution in [0, 0.1) is 0 Å². The summed E-state index contributed by atoms with van der Waals surface area (Å²) in [4.78, 5) is 11.0. The van der Waals surface area contributed by atoms with Crippen LogP contribution in [0.25, 0.3) is 0 Å². The summed E-state index contributed by atoms with van der Waals surface area (Å²) in [7, 11) is 1.15. The topological polar surface area (TPSA) is 38.3 Å². The summed E-state index contributed by atoms with van der Waals surface area (Å²) in [6.07, 6.45) is -4.53. The Labute approximate surface area is 104 Å². The molecule has 0 radical (unpaired) electrons. The maximum absolute atomic E-state index is 12.6. The summed E-state index contributed by atoms with van der Waals surface area (Å²) in [6, 6.07) is 3.33. The van der Waals surface area contributed by atoms with E-state index < -0.39 is 17.6 Å². The van der Waals surface area contributed by atoms with Crippen LogP contribution >= 0.6 is 15.9 Å². The van der Waals surface area contributed by atoms with Crippen LogP contribution in [0.15, 0.2) is 18.2 Å². The van der Waals surface area contributed by atoms with Gasteiger partial charge in [-0.15, -0.1) is 0 Å². The molecule has 1 rings (SSSR count). The van der Waals surface area contributed by atoms with Crippen molar-refractivity contribution in [1.82, 2.24) is 0 Å². The second-order valence-electron chi connectivity index (χ2n) is 3.09. The molecule has 1 aromatic carbocycles. The van der Waals surface area contributed by atoms with Crippen molar-refractivity contribution in [2.45, 2.75) is 6.18 Å². The van der Waals surface area contributed by atoms with Crippen LogP contribution in [-0.4, -0.2) is 18.3 Å². The lowest BCUT2D eigenvalue weighted by Crippen LogP contribution is -2.14. The number of ether oxygens (including phenoxy) is 1. The zero-order valence-corrected chi connectivity index (χ0v) is 10.4. The Kier molecular flexibility index (Phi) is 4.39. The number of methoxy groups -OCH3 is 1. The predicted octanol–water partition coefficient (Wildman–Crippen LogP) is 3.05. The summed E-state index contributed by atoms with van der Waals surface area (Å²) in [5.74, 6) is -0.711. The molecule has 94 valence electrons. The molecule has 0 unspecified atom stereocenters. The summed E-state index contributed by atoms with van der Waals surface area (Å²) in [5.41, 5.74) is -0.852. The maximum Gasteiger partial charge on any atom is 0.420 e. The van der Waals surface area contributed by atoms with Gasteiger partial charge in [-0.2, -0.15) is 13.2 Å². The average Bonchev–Trinajstić information content (AvgIpc) is 2.27. The smallest absolute Gasteiger partial charge is 0.420 e. The van der Waals surface area contributed by atoms with Crippen LogP contribution in [0.2, 0.25) is 0 Å². The van der Waals surface area contributed by atoms with Crippen LogP contribution < -0.4 is 10.1 Å². The minimum atomic E-state index is -4.53. The van der Waals surface area contributed by atoms with Gasteiger partial charge in [0.1, 0.15) is 5.75 Å². The Bertz CT molecular complexity index is 421. The number of anilines is 1. The van der Waals surface area contributed by atoms with E-state index >= 15 is 0 Å². The van der Waals surface area contributed by atoms with E-state index in [2.05, 4.69) is 26.0 Å². The third-order valence-electron chi connectivity index (χ3n) is 1.91. The summed E-state index contributed by atoms with van der Waals surface area (Å²) >= 11 is 2.90. The number of carbonyl (C=O) groups is 1. The van der Waals surface area contributed by atoms with Crippen molar-refractivity contribution in [1.29, 1.82) is 0 Å². The second kappa shape index (κ2) is 5.39. The monoisotopic (exact) mass is 311 g/mol. The highest BCUT2D eigenvalue weighted by Gasteiger charge is 2.34. The van der Waals surface area contributed by atoms with Crippen LogP contribution in [-0.2, 0) is 11.0 Å². The van der Waals surface area contributed by atoms with Crippen molar-refractivity contribution in [3.05, 3.63) is 23.8 Å². The van der Waals surface area contributed by atoms with Gasteiger partial charge >= 0.3 is 6.18 Å². The van der Waals surface area contributed by atoms with Crippen LogP contribution in [0.1, 0.15) is 5.56 Å². The number of hydrogen-bond donors (Lipinski definition) is 1. The van der Waals surface area contributed by atoms with Gasteiger partial charge in [-0.3, -0.25) is 4.79 Å². The summed E-state index contributed by atoms with van der Waals surface area (Å²) in [5, 5.41) is 2.33. The van der Waals surface area contributed by atoms with Crippen molar-refractivity contribution >= 4 is 27.5 Å². The Morgan fingerprint density at radius 2 is 2.12 bits per heavy atom. The number of carbonyl (C=O) groups excluding carboxylic acids is 1. The van der Waals surface area contributed by atoms with Gasteiger partial charge in [0.25, 0.3) is 0 Å². The van der Waals surface area contributed by atoms with E-state index in [4.69, 9.17) is 0 Å².